The molecule has 0 unspecified atom stereocenters. The monoisotopic (exact) mass is 604 g/mol. The standard InChI is InChI=1S/C34H37ClN2O4S/c1-21(20-41-30-8-14-36-29-9-15-42-31(29)30)16-25-17-24-7-6-23(22(2)38)18-28(24)33(25)10-12-34(13-11-33,32(39)40)37-27-5-3-4-26(35)19-27/h3-9,14-15,18-19,21-22,25,37-38H,10-13,16-17,20H2,1-2H3,(H,39,40)/t21-,22-,25+,33?,34?/m1/s1. The van der Waals surface area contributed by atoms with Crippen LogP contribution in [0.4, 0.5) is 5.69 Å². The van der Waals surface area contributed by atoms with Gasteiger partial charge >= 0.3 is 5.97 Å². The Hall–Kier alpha value is -3.13. The van der Waals surface area contributed by atoms with Crippen LogP contribution in [0.25, 0.3) is 10.2 Å². The maximum Gasteiger partial charge on any atom is 0.329 e. The molecule has 4 aromatic rings. The Morgan fingerprint density at radius 1 is 1.14 bits per heavy atom. The lowest BCUT2D eigenvalue weighted by Gasteiger charge is -2.47. The quantitative estimate of drug-likeness (QED) is 0.179. The van der Waals surface area contributed by atoms with E-state index in [-0.39, 0.29) is 5.41 Å². The van der Waals surface area contributed by atoms with E-state index in [0.717, 1.165) is 52.9 Å². The van der Waals surface area contributed by atoms with Gasteiger partial charge in [0.1, 0.15) is 11.3 Å². The van der Waals surface area contributed by atoms with E-state index in [1.54, 1.807) is 36.6 Å². The van der Waals surface area contributed by atoms with Crippen molar-refractivity contribution in [3.8, 4) is 5.75 Å². The van der Waals surface area contributed by atoms with Crippen molar-refractivity contribution in [2.75, 3.05) is 11.9 Å². The molecule has 1 spiro atoms. The van der Waals surface area contributed by atoms with Gasteiger partial charge in [0.05, 0.1) is 22.9 Å². The number of carboxylic acid groups (broad SMARTS) is 1. The summed E-state index contributed by atoms with van der Waals surface area (Å²) in [6.07, 6.45) is 5.67. The number of carboxylic acids is 1. The summed E-state index contributed by atoms with van der Waals surface area (Å²) in [5.74, 6) is 0.705. The maximum atomic E-state index is 12.8. The number of ether oxygens (including phenoxy) is 1. The number of halogens is 1. The molecule has 2 aliphatic rings. The minimum Gasteiger partial charge on any atom is -0.492 e. The molecule has 2 heterocycles. The largest absolute Gasteiger partial charge is 0.492 e. The van der Waals surface area contributed by atoms with Gasteiger partial charge in [-0.15, -0.1) is 11.3 Å². The molecule has 2 aromatic carbocycles. The maximum absolute atomic E-state index is 12.8. The zero-order valence-corrected chi connectivity index (χ0v) is 25.5. The van der Waals surface area contributed by atoms with E-state index >= 15 is 0 Å². The molecular formula is C34H37ClN2O4S. The fourth-order valence-electron chi connectivity index (χ4n) is 7.27. The van der Waals surface area contributed by atoms with E-state index in [0.29, 0.717) is 36.3 Å². The van der Waals surface area contributed by atoms with Crippen molar-refractivity contribution in [1.29, 1.82) is 0 Å². The third kappa shape index (κ3) is 5.38. The van der Waals surface area contributed by atoms with E-state index in [9.17, 15) is 15.0 Å². The molecule has 0 amide bonds. The summed E-state index contributed by atoms with van der Waals surface area (Å²) in [5, 5.41) is 26.8. The zero-order chi connectivity index (χ0) is 29.5. The number of pyridine rings is 1. The van der Waals surface area contributed by atoms with Crippen LogP contribution in [-0.4, -0.2) is 33.3 Å². The number of hydrogen-bond donors (Lipinski definition) is 3. The predicted molar refractivity (Wildman–Crippen MR) is 169 cm³/mol. The number of nitrogens with zero attached hydrogens (tertiary/aromatic N) is 1. The highest BCUT2D eigenvalue weighted by Crippen LogP contribution is 2.56. The number of aliphatic hydroxyl groups is 1. The number of benzene rings is 2. The van der Waals surface area contributed by atoms with E-state index in [2.05, 4.69) is 29.4 Å². The third-order valence-corrected chi connectivity index (χ3v) is 10.7. The highest BCUT2D eigenvalue weighted by Gasteiger charge is 2.54. The van der Waals surface area contributed by atoms with Crippen LogP contribution in [0.1, 0.15) is 68.7 Å². The molecule has 6 rings (SSSR count). The van der Waals surface area contributed by atoms with Gasteiger partial charge in [0, 0.05) is 16.9 Å². The van der Waals surface area contributed by atoms with Crippen molar-refractivity contribution < 1.29 is 19.7 Å². The summed E-state index contributed by atoms with van der Waals surface area (Å²) in [4.78, 5) is 17.2. The smallest absolute Gasteiger partial charge is 0.329 e. The molecule has 0 aliphatic heterocycles. The number of aromatic nitrogens is 1. The van der Waals surface area contributed by atoms with Gasteiger partial charge in [-0.05, 0) is 115 Å². The number of thiophene rings is 1. The fourth-order valence-corrected chi connectivity index (χ4v) is 8.28. The number of aliphatic hydroxyl groups excluding tert-OH is 1. The average Bonchev–Trinajstić information content (AvgIpc) is 3.56. The molecule has 2 aromatic heterocycles. The Labute approximate surface area is 255 Å². The lowest BCUT2D eigenvalue weighted by Crippen LogP contribution is -2.53. The summed E-state index contributed by atoms with van der Waals surface area (Å²) < 4.78 is 7.41. The second-order valence-electron chi connectivity index (χ2n) is 12.3. The van der Waals surface area contributed by atoms with Crippen LogP contribution in [0, 0.1) is 11.8 Å². The van der Waals surface area contributed by atoms with E-state index < -0.39 is 17.6 Å². The highest BCUT2D eigenvalue weighted by molar-refractivity contribution is 7.17. The molecule has 1 saturated carbocycles. The second kappa shape index (κ2) is 11.5. The van der Waals surface area contributed by atoms with Crippen molar-refractivity contribution in [2.24, 2.45) is 11.8 Å². The Bertz CT molecular complexity index is 1590. The molecule has 2 aliphatic carbocycles. The van der Waals surface area contributed by atoms with Gasteiger partial charge in [0.25, 0.3) is 0 Å². The second-order valence-corrected chi connectivity index (χ2v) is 13.6. The first kappa shape index (κ1) is 29.0. The minimum absolute atomic E-state index is 0.152. The lowest BCUT2D eigenvalue weighted by molar-refractivity contribution is -0.144. The summed E-state index contributed by atoms with van der Waals surface area (Å²) in [6, 6.07) is 17.6. The Kier molecular flexibility index (Phi) is 7.94. The van der Waals surface area contributed by atoms with Gasteiger partial charge in [0.15, 0.2) is 0 Å². The first-order valence-corrected chi connectivity index (χ1v) is 16.0. The van der Waals surface area contributed by atoms with Crippen LogP contribution in [0.5, 0.6) is 5.75 Å². The average molecular weight is 605 g/mol. The van der Waals surface area contributed by atoms with Crippen LogP contribution >= 0.6 is 22.9 Å². The Balaban J connectivity index is 1.25. The van der Waals surface area contributed by atoms with Gasteiger partial charge in [-0.3, -0.25) is 4.98 Å². The highest BCUT2D eigenvalue weighted by atomic mass is 35.5. The van der Waals surface area contributed by atoms with Gasteiger partial charge in [-0.1, -0.05) is 42.8 Å². The summed E-state index contributed by atoms with van der Waals surface area (Å²) >= 11 is 7.86. The van der Waals surface area contributed by atoms with Crippen molar-refractivity contribution in [3.05, 3.63) is 87.9 Å². The van der Waals surface area contributed by atoms with Crippen LogP contribution in [-0.2, 0) is 16.6 Å². The molecule has 3 atom stereocenters. The molecule has 8 heteroatoms. The van der Waals surface area contributed by atoms with E-state index in [1.807, 2.05) is 35.7 Å². The van der Waals surface area contributed by atoms with Gasteiger partial charge in [-0.25, -0.2) is 4.79 Å². The SMILES string of the molecule is C[C@@H](COc1ccnc2ccsc12)C[C@H]1Cc2ccc([C@@H](C)O)cc2C12CCC(Nc1cccc(Cl)c1)(C(=O)O)CC2. The summed E-state index contributed by atoms with van der Waals surface area (Å²) in [6.45, 7) is 4.65. The first-order chi connectivity index (χ1) is 20.2. The van der Waals surface area contributed by atoms with Crippen LogP contribution in [0.2, 0.25) is 5.02 Å². The summed E-state index contributed by atoms with van der Waals surface area (Å²) in [5.41, 5.74) is 3.99. The normalized spacial score (nSPS) is 24.8. The fraction of sp³-hybridized carbons (Fsp3) is 0.412. The number of hydrogen-bond acceptors (Lipinski definition) is 6. The molecule has 42 heavy (non-hydrogen) atoms. The number of carbonyl (C=O) groups is 1. The molecule has 0 bridgehead atoms. The predicted octanol–water partition coefficient (Wildman–Crippen LogP) is 8.03. The number of anilines is 1. The van der Waals surface area contributed by atoms with Crippen LogP contribution < -0.4 is 10.1 Å². The molecular weight excluding hydrogens is 568 g/mol. The summed E-state index contributed by atoms with van der Waals surface area (Å²) in [7, 11) is 0. The van der Waals surface area contributed by atoms with E-state index in [1.165, 1.54) is 11.1 Å². The van der Waals surface area contributed by atoms with Crippen molar-refractivity contribution in [2.45, 2.75) is 69.4 Å². The molecule has 1 fully saturated rings. The van der Waals surface area contributed by atoms with Crippen molar-refractivity contribution in [3.63, 3.8) is 0 Å². The Morgan fingerprint density at radius 2 is 1.95 bits per heavy atom. The van der Waals surface area contributed by atoms with Crippen molar-refractivity contribution in [1.82, 2.24) is 4.98 Å². The molecule has 6 nitrogen and oxygen atoms in total. The van der Waals surface area contributed by atoms with E-state index in [4.69, 9.17) is 16.3 Å². The van der Waals surface area contributed by atoms with Crippen LogP contribution in [0.15, 0.2) is 66.2 Å². The minimum atomic E-state index is -1.06. The van der Waals surface area contributed by atoms with Crippen LogP contribution in [0.3, 0.4) is 0 Å². The topological polar surface area (TPSA) is 91.7 Å². The van der Waals surface area contributed by atoms with Gasteiger partial charge in [0.2, 0.25) is 0 Å². The number of aliphatic carboxylic acids is 1. The van der Waals surface area contributed by atoms with Gasteiger partial charge in [-0.2, -0.15) is 0 Å². The Morgan fingerprint density at radius 3 is 2.69 bits per heavy atom. The number of nitrogens with one attached hydrogen (secondary N) is 1. The lowest BCUT2D eigenvalue weighted by atomic mass is 9.59. The number of rotatable bonds is 9. The molecule has 0 radical (unpaired) electrons. The first-order valence-electron chi connectivity index (χ1n) is 14.7. The zero-order valence-electron chi connectivity index (χ0n) is 24.0. The molecule has 3 N–H and O–H groups in total. The molecule has 220 valence electrons. The third-order valence-electron chi connectivity index (χ3n) is 9.53. The van der Waals surface area contributed by atoms with Gasteiger partial charge < -0.3 is 20.3 Å². The molecule has 0 saturated heterocycles. The van der Waals surface area contributed by atoms with Crippen molar-refractivity contribution >= 4 is 44.8 Å². The number of fused-ring (bicyclic) bond motifs is 3.